The Bertz CT molecular complexity index is 622. The Balaban J connectivity index is 1.39. The van der Waals surface area contributed by atoms with Gasteiger partial charge in [0.15, 0.2) is 0 Å². The van der Waals surface area contributed by atoms with E-state index >= 15 is 0 Å². The second kappa shape index (κ2) is 7.95. The van der Waals surface area contributed by atoms with Gasteiger partial charge in [-0.15, -0.1) is 0 Å². The summed E-state index contributed by atoms with van der Waals surface area (Å²) >= 11 is 5.87. The maximum atomic E-state index is 12.3. The third kappa shape index (κ3) is 4.78. The normalized spacial score (nSPS) is 23.1. The number of carbonyl (C=O) groups excluding carboxylic acids is 2. The maximum absolute atomic E-state index is 12.3. The molecule has 1 aromatic carbocycles. The Labute approximate surface area is 152 Å². The number of amides is 3. The number of likely N-dealkylation sites (tertiary alicyclic amines) is 1. The highest BCUT2D eigenvalue weighted by atomic mass is 35.5. The van der Waals surface area contributed by atoms with Crippen LogP contribution in [0.2, 0.25) is 5.02 Å². The van der Waals surface area contributed by atoms with Crippen LogP contribution in [0.25, 0.3) is 0 Å². The van der Waals surface area contributed by atoms with Crippen LogP contribution in [0, 0.1) is 0 Å². The van der Waals surface area contributed by atoms with E-state index in [0.717, 1.165) is 30.7 Å². The van der Waals surface area contributed by atoms with Gasteiger partial charge in [0.25, 0.3) is 0 Å². The van der Waals surface area contributed by atoms with E-state index in [2.05, 4.69) is 10.6 Å². The first-order valence-electron chi connectivity index (χ1n) is 8.80. The van der Waals surface area contributed by atoms with Crippen LogP contribution < -0.4 is 10.6 Å². The van der Waals surface area contributed by atoms with E-state index in [1.165, 1.54) is 5.56 Å². The molecule has 1 aromatic rings. The quantitative estimate of drug-likeness (QED) is 0.806. The Morgan fingerprint density at radius 1 is 1.28 bits per heavy atom. The molecular formula is C18H24ClN3O3. The zero-order chi connectivity index (χ0) is 17.7. The van der Waals surface area contributed by atoms with Crippen molar-refractivity contribution in [3.8, 4) is 0 Å². The predicted octanol–water partition coefficient (Wildman–Crippen LogP) is 2.95. The predicted molar refractivity (Wildman–Crippen MR) is 95.8 cm³/mol. The molecule has 0 aromatic heterocycles. The van der Waals surface area contributed by atoms with Crippen LogP contribution in [0.4, 0.5) is 9.59 Å². The molecule has 2 N–H and O–H groups in total. The molecule has 7 heteroatoms. The standard InChI is InChI=1S/C18H24ClN3O3/c19-15-6-4-14(5-7-15)3-1-10-20-16(23)22-11-2-8-18(9-12-22)13-21-17(24)25-18/h4-7H,1-3,8-13H2,(H,20,23)(H,21,24). The number of alkyl carbamates (subject to hydrolysis) is 1. The van der Waals surface area contributed by atoms with Gasteiger partial charge in [-0.2, -0.15) is 0 Å². The molecule has 3 rings (SSSR count). The van der Waals surface area contributed by atoms with Crippen molar-refractivity contribution in [3.63, 3.8) is 0 Å². The molecule has 0 radical (unpaired) electrons. The zero-order valence-corrected chi connectivity index (χ0v) is 15.0. The molecular weight excluding hydrogens is 342 g/mol. The van der Waals surface area contributed by atoms with E-state index in [1.54, 1.807) is 0 Å². The van der Waals surface area contributed by atoms with Crippen LogP contribution in [0.1, 0.15) is 31.2 Å². The lowest BCUT2D eigenvalue weighted by Gasteiger charge is -2.25. The van der Waals surface area contributed by atoms with Gasteiger partial charge >= 0.3 is 12.1 Å². The fourth-order valence-electron chi connectivity index (χ4n) is 3.40. The highest BCUT2D eigenvalue weighted by molar-refractivity contribution is 6.30. The van der Waals surface area contributed by atoms with Crippen molar-refractivity contribution in [2.75, 3.05) is 26.2 Å². The van der Waals surface area contributed by atoms with Crippen LogP contribution in [0.15, 0.2) is 24.3 Å². The maximum Gasteiger partial charge on any atom is 0.407 e. The fraction of sp³-hybridized carbons (Fsp3) is 0.556. The molecule has 25 heavy (non-hydrogen) atoms. The summed E-state index contributed by atoms with van der Waals surface area (Å²) in [4.78, 5) is 25.5. The highest BCUT2D eigenvalue weighted by Gasteiger charge is 2.41. The van der Waals surface area contributed by atoms with Crippen molar-refractivity contribution in [2.45, 2.75) is 37.7 Å². The topological polar surface area (TPSA) is 70.7 Å². The van der Waals surface area contributed by atoms with Gasteiger partial charge in [-0.05, 0) is 43.4 Å². The van der Waals surface area contributed by atoms with Gasteiger partial charge in [0.05, 0.1) is 6.54 Å². The molecule has 1 spiro atoms. The van der Waals surface area contributed by atoms with E-state index in [1.807, 2.05) is 29.2 Å². The summed E-state index contributed by atoms with van der Waals surface area (Å²) < 4.78 is 5.44. The first-order valence-corrected chi connectivity index (χ1v) is 9.18. The Kier molecular flexibility index (Phi) is 5.68. The van der Waals surface area contributed by atoms with Gasteiger partial charge in [0.1, 0.15) is 5.60 Å². The van der Waals surface area contributed by atoms with Crippen molar-refractivity contribution in [1.29, 1.82) is 0 Å². The van der Waals surface area contributed by atoms with Crippen molar-refractivity contribution in [1.82, 2.24) is 15.5 Å². The molecule has 0 saturated carbocycles. The van der Waals surface area contributed by atoms with E-state index in [4.69, 9.17) is 16.3 Å². The number of carbonyl (C=O) groups is 2. The fourth-order valence-corrected chi connectivity index (χ4v) is 3.53. The van der Waals surface area contributed by atoms with Crippen LogP contribution in [-0.2, 0) is 11.2 Å². The minimum absolute atomic E-state index is 0.0366. The SMILES string of the molecule is O=C1NCC2(CCCN(C(=O)NCCCc3ccc(Cl)cc3)CC2)O1. The van der Waals surface area contributed by atoms with Gasteiger partial charge in [0.2, 0.25) is 0 Å². The third-order valence-electron chi connectivity index (χ3n) is 4.88. The Morgan fingerprint density at radius 2 is 2.08 bits per heavy atom. The van der Waals surface area contributed by atoms with E-state index < -0.39 is 5.60 Å². The molecule has 1 unspecified atom stereocenters. The minimum atomic E-state index is -0.430. The summed E-state index contributed by atoms with van der Waals surface area (Å²) in [5.74, 6) is 0. The number of benzene rings is 1. The summed E-state index contributed by atoms with van der Waals surface area (Å²) in [6.07, 6.45) is 3.76. The van der Waals surface area contributed by atoms with Gasteiger partial charge in [-0.3, -0.25) is 0 Å². The number of hydrogen-bond donors (Lipinski definition) is 2. The Hall–Kier alpha value is -1.95. The number of nitrogens with one attached hydrogen (secondary N) is 2. The first kappa shape index (κ1) is 17.9. The van der Waals surface area contributed by atoms with Crippen molar-refractivity contribution in [2.24, 2.45) is 0 Å². The molecule has 2 heterocycles. The van der Waals surface area contributed by atoms with Gasteiger partial charge < -0.3 is 20.3 Å². The second-order valence-electron chi connectivity index (χ2n) is 6.73. The molecule has 2 aliphatic rings. The van der Waals surface area contributed by atoms with Gasteiger partial charge in [-0.25, -0.2) is 9.59 Å². The average molecular weight is 366 g/mol. The third-order valence-corrected chi connectivity index (χ3v) is 5.13. The molecule has 6 nitrogen and oxygen atoms in total. The summed E-state index contributed by atoms with van der Waals surface area (Å²) in [6.45, 7) is 2.49. The highest BCUT2D eigenvalue weighted by Crippen LogP contribution is 2.29. The van der Waals surface area contributed by atoms with Gasteiger partial charge in [0, 0.05) is 31.1 Å². The van der Waals surface area contributed by atoms with Crippen LogP contribution in [0.3, 0.4) is 0 Å². The first-order chi connectivity index (χ1) is 12.1. The van der Waals surface area contributed by atoms with Crippen molar-refractivity contribution in [3.05, 3.63) is 34.9 Å². The minimum Gasteiger partial charge on any atom is -0.441 e. The van der Waals surface area contributed by atoms with Crippen LogP contribution >= 0.6 is 11.6 Å². The van der Waals surface area contributed by atoms with Crippen LogP contribution in [-0.4, -0.2) is 48.8 Å². The molecule has 2 fully saturated rings. The molecule has 3 amide bonds. The van der Waals surface area contributed by atoms with Gasteiger partial charge in [-0.1, -0.05) is 23.7 Å². The largest absolute Gasteiger partial charge is 0.441 e. The number of nitrogens with zero attached hydrogens (tertiary/aromatic N) is 1. The lowest BCUT2D eigenvalue weighted by Crippen LogP contribution is -2.42. The lowest BCUT2D eigenvalue weighted by molar-refractivity contribution is 0.0453. The zero-order valence-electron chi connectivity index (χ0n) is 14.2. The van der Waals surface area contributed by atoms with E-state index in [9.17, 15) is 9.59 Å². The number of ether oxygens (including phenoxy) is 1. The number of rotatable bonds is 4. The van der Waals surface area contributed by atoms with E-state index in [0.29, 0.717) is 32.6 Å². The molecule has 136 valence electrons. The summed E-state index contributed by atoms with van der Waals surface area (Å²) in [5, 5.41) is 6.45. The number of hydrogen-bond acceptors (Lipinski definition) is 3. The molecule has 1 atom stereocenters. The molecule has 0 aliphatic carbocycles. The monoisotopic (exact) mass is 365 g/mol. The average Bonchev–Trinajstić information content (AvgIpc) is 2.84. The summed E-state index contributed by atoms with van der Waals surface area (Å²) in [7, 11) is 0. The second-order valence-corrected chi connectivity index (χ2v) is 7.17. The van der Waals surface area contributed by atoms with Crippen molar-refractivity contribution >= 4 is 23.7 Å². The number of halogens is 1. The van der Waals surface area contributed by atoms with E-state index in [-0.39, 0.29) is 12.1 Å². The summed E-state index contributed by atoms with van der Waals surface area (Å²) in [6, 6.07) is 7.75. The molecule has 2 aliphatic heterocycles. The van der Waals surface area contributed by atoms with Crippen molar-refractivity contribution < 1.29 is 14.3 Å². The molecule has 2 saturated heterocycles. The number of urea groups is 1. The Morgan fingerprint density at radius 3 is 2.80 bits per heavy atom. The lowest BCUT2D eigenvalue weighted by atomic mass is 9.95. The summed E-state index contributed by atoms with van der Waals surface area (Å²) in [5.41, 5.74) is 0.784. The van der Waals surface area contributed by atoms with Crippen LogP contribution in [0.5, 0.6) is 0 Å². The smallest absolute Gasteiger partial charge is 0.407 e. The number of aryl methyl sites for hydroxylation is 1. The molecule has 0 bridgehead atoms.